The summed E-state index contributed by atoms with van der Waals surface area (Å²) in [5, 5.41) is 3.88. The number of nitrogens with one attached hydrogen (secondary N) is 1. The maximum atomic E-state index is 12.6. The first-order chi connectivity index (χ1) is 12.2. The van der Waals surface area contributed by atoms with Crippen LogP contribution in [0.25, 0.3) is 10.2 Å². The van der Waals surface area contributed by atoms with E-state index in [-0.39, 0.29) is 30.7 Å². The molecule has 3 rings (SSSR count). The van der Waals surface area contributed by atoms with E-state index in [1.807, 2.05) is 23.1 Å². The molecule has 1 atom stereocenters. The highest BCUT2D eigenvalue weighted by Gasteiger charge is 2.32. The predicted molar refractivity (Wildman–Crippen MR) is 100 cm³/mol. The molecule has 0 radical (unpaired) electrons. The number of benzene rings is 1. The number of rotatable bonds is 7. The number of thiazole rings is 1. The monoisotopic (exact) mass is 359 g/mol. The van der Waals surface area contributed by atoms with Gasteiger partial charge in [-0.15, -0.1) is 11.3 Å². The van der Waals surface area contributed by atoms with Crippen LogP contribution in [0.4, 0.5) is 0 Å². The Labute approximate surface area is 152 Å². The van der Waals surface area contributed by atoms with Crippen LogP contribution in [0, 0.1) is 0 Å². The van der Waals surface area contributed by atoms with E-state index >= 15 is 0 Å². The Bertz CT molecular complexity index is 710. The second kappa shape index (κ2) is 8.43. The van der Waals surface area contributed by atoms with Gasteiger partial charge in [0.05, 0.1) is 16.3 Å². The van der Waals surface area contributed by atoms with Gasteiger partial charge in [-0.3, -0.25) is 9.59 Å². The summed E-state index contributed by atoms with van der Waals surface area (Å²) in [5.41, 5.74) is 0.997. The predicted octanol–water partition coefficient (Wildman–Crippen LogP) is 3.66. The Morgan fingerprint density at radius 3 is 2.96 bits per heavy atom. The fourth-order valence-electron chi connectivity index (χ4n) is 3.21. The molecule has 2 heterocycles. The summed E-state index contributed by atoms with van der Waals surface area (Å²) in [6, 6.07) is 8.14. The topological polar surface area (TPSA) is 62.3 Å². The molecule has 6 heteroatoms. The van der Waals surface area contributed by atoms with Crippen molar-refractivity contribution >= 4 is 33.4 Å². The first kappa shape index (κ1) is 17.9. The number of aromatic nitrogens is 1. The summed E-state index contributed by atoms with van der Waals surface area (Å²) < 4.78 is 1.16. The molecule has 1 saturated heterocycles. The number of carbonyl (C=O) groups is 2. The van der Waals surface area contributed by atoms with Crippen molar-refractivity contribution in [2.75, 3.05) is 13.1 Å². The van der Waals surface area contributed by atoms with Crippen molar-refractivity contribution < 1.29 is 9.59 Å². The zero-order valence-electron chi connectivity index (χ0n) is 14.7. The summed E-state index contributed by atoms with van der Waals surface area (Å²) in [5.74, 6) is 0.0323. The number of fused-ring (bicyclic) bond motifs is 1. The molecule has 1 aromatic carbocycles. The van der Waals surface area contributed by atoms with E-state index in [1.165, 1.54) is 0 Å². The Balaban J connectivity index is 1.59. The summed E-state index contributed by atoms with van der Waals surface area (Å²) in [6.45, 7) is 3.55. The molecule has 25 heavy (non-hydrogen) atoms. The van der Waals surface area contributed by atoms with E-state index in [2.05, 4.69) is 18.3 Å². The minimum atomic E-state index is -0.0301. The third-order valence-corrected chi connectivity index (χ3v) is 5.72. The molecule has 2 aromatic rings. The van der Waals surface area contributed by atoms with Gasteiger partial charge < -0.3 is 10.2 Å². The van der Waals surface area contributed by atoms with Crippen LogP contribution in [0.1, 0.15) is 56.5 Å². The van der Waals surface area contributed by atoms with Gasteiger partial charge in [-0.25, -0.2) is 4.98 Å². The maximum Gasteiger partial charge on any atom is 0.223 e. The van der Waals surface area contributed by atoms with Crippen LogP contribution >= 0.6 is 11.3 Å². The van der Waals surface area contributed by atoms with Crippen molar-refractivity contribution in [3.8, 4) is 0 Å². The largest absolute Gasteiger partial charge is 0.356 e. The molecule has 1 unspecified atom stereocenters. The first-order valence-electron chi connectivity index (χ1n) is 9.10. The maximum absolute atomic E-state index is 12.6. The molecule has 134 valence electrons. The summed E-state index contributed by atoms with van der Waals surface area (Å²) >= 11 is 1.67. The van der Waals surface area contributed by atoms with Gasteiger partial charge in [0.25, 0.3) is 0 Å². The normalized spacial score (nSPS) is 17.2. The minimum Gasteiger partial charge on any atom is -0.356 e. The third-order valence-electron chi connectivity index (χ3n) is 4.59. The van der Waals surface area contributed by atoms with Gasteiger partial charge in [0.1, 0.15) is 5.01 Å². The molecule has 0 bridgehead atoms. The van der Waals surface area contributed by atoms with Crippen LogP contribution in [0.15, 0.2) is 24.3 Å². The van der Waals surface area contributed by atoms with Crippen molar-refractivity contribution in [1.29, 1.82) is 0 Å². The number of hydrogen-bond donors (Lipinski definition) is 1. The number of hydrogen-bond acceptors (Lipinski definition) is 4. The molecule has 0 spiro atoms. The van der Waals surface area contributed by atoms with Gasteiger partial charge in [0, 0.05) is 25.9 Å². The molecule has 0 saturated carbocycles. The smallest absolute Gasteiger partial charge is 0.223 e. The van der Waals surface area contributed by atoms with Gasteiger partial charge in [0.15, 0.2) is 0 Å². The fourth-order valence-corrected chi connectivity index (χ4v) is 4.33. The molecule has 1 fully saturated rings. The van der Waals surface area contributed by atoms with Gasteiger partial charge >= 0.3 is 0 Å². The summed E-state index contributed by atoms with van der Waals surface area (Å²) in [6.07, 6.45) is 4.52. The average Bonchev–Trinajstić information content (AvgIpc) is 3.26. The number of carbonyl (C=O) groups excluding carboxylic acids is 2. The van der Waals surface area contributed by atoms with Crippen LogP contribution < -0.4 is 5.32 Å². The van der Waals surface area contributed by atoms with Crippen molar-refractivity contribution in [3.05, 3.63) is 29.3 Å². The summed E-state index contributed by atoms with van der Waals surface area (Å²) in [7, 11) is 0. The van der Waals surface area contributed by atoms with Crippen LogP contribution in [-0.2, 0) is 9.59 Å². The van der Waals surface area contributed by atoms with E-state index < -0.39 is 0 Å². The van der Waals surface area contributed by atoms with E-state index in [4.69, 9.17) is 4.98 Å². The Morgan fingerprint density at radius 1 is 1.32 bits per heavy atom. The van der Waals surface area contributed by atoms with E-state index in [0.29, 0.717) is 6.54 Å². The van der Waals surface area contributed by atoms with E-state index in [0.717, 1.165) is 47.5 Å². The standard InChI is InChI=1S/C19H25N3O2S/c1-2-3-12-20-17(23)10-11-18(24)22-13-6-8-15(22)19-21-14-7-4-5-9-16(14)25-19/h4-5,7,9,15H,2-3,6,8,10-13H2,1H3,(H,20,23). The van der Waals surface area contributed by atoms with Gasteiger partial charge in [0.2, 0.25) is 11.8 Å². The van der Waals surface area contributed by atoms with Crippen molar-refractivity contribution in [3.63, 3.8) is 0 Å². The SMILES string of the molecule is CCCCNC(=O)CCC(=O)N1CCCC1c1nc2ccccc2s1. The van der Waals surface area contributed by atoms with Crippen molar-refractivity contribution in [1.82, 2.24) is 15.2 Å². The van der Waals surface area contributed by atoms with Crippen LogP contribution in [0.3, 0.4) is 0 Å². The van der Waals surface area contributed by atoms with Crippen molar-refractivity contribution in [2.45, 2.75) is 51.5 Å². The molecule has 0 aliphatic carbocycles. The minimum absolute atomic E-state index is 0.0301. The van der Waals surface area contributed by atoms with Crippen LogP contribution in [0.2, 0.25) is 0 Å². The molecule has 1 aliphatic rings. The quantitative estimate of drug-likeness (QED) is 0.768. The second-order valence-corrected chi connectivity index (χ2v) is 7.53. The second-order valence-electron chi connectivity index (χ2n) is 6.47. The third kappa shape index (κ3) is 4.37. The first-order valence-corrected chi connectivity index (χ1v) is 9.92. The molecule has 2 amide bonds. The molecule has 5 nitrogen and oxygen atoms in total. The van der Waals surface area contributed by atoms with Gasteiger partial charge in [-0.2, -0.15) is 0 Å². The lowest BCUT2D eigenvalue weighted by molar-refractivity contribution is -0.134. The highest BCUT2D eigenvalue weighted by Crippen LogP contribution is 2.36. The van der Waals surface area contributed by atoms with Crippen LogP contribution in [0.5, 0.6) is 0 Å². The number of para-hydroxylation sites is 1. The Kier molecular flexibility index (Phi) is 6.02. The number of nitrogens with zero attached hydrogens (tertiary/aromatic N) is 2. The lowest BCUT2D eigenvalue weighted by Crippen LogP contribution is -2.32. The van der Waals surface area contributed by atoms with Gasteiger partial charge in [-0.1, -0.05) is 25.5 Å². The zero-order chi connectivity index (χ0) is 17.6. The Morgan fingerprint density at radius 2 is 2.16 bits per heavy atom. The number of likely N-dealkylation sites (tertiary alicyclic amines) is 1. The molecule has 1 aromatic heterocycles. The molecule has 1 N–H and O–H groups in total. The number of amides is 2. The zero-order valence-corrected chi connectivity index (χ0v) is 15.5. The highest BCUT2D eigenvalue weighted by atomic mass is 32.1. The van der Waals surface area contributed by atoms with Crippen molar-refractivity contribution in [2.24, 2.45) is 0 Å². The summed E-state index contributed by atoms with van der Waals surface area (Å²) in [4.78, 5) is 31.0. The lowest BCUT2D eigenvalue weighted by Gasteiger charge is -2.23. The van der Waals surface area contributed by atoms with E-state index in [1.54, 1.807) is 11.3 Å². The van der Waals surface area contributed by atoms with E-state index in [9.17, 15) is 9.59 Å². The number of unbranched alkanes of at least 4 members (excludes halogenated alkanes) is 1. The lowest BCUT2D eigenvalue weighted by atomic mass is 10.2. The highest BCUT2D eigenvalue weighted by molar-refractivity contribution is 7.18. The van der Waals surface area contributed by atoms with Crippen LogP contribution in [-0.4, -0.2) is 34.8 Å². The van der Waals surface area contributed by atoms with Gasteiger partial charge in [-0.05, 0) is 31.4 Å². The average molecular weight is 359 g/mol. The molecule has 1 aliphatic heterocycles. The fraction of sp³-hybridized carbons (Fsp3) is 0.526. The molecular formula is C19H25N3O2S. The Hall–Kier alpha value is -1.95. The molecular weight excluding hydrogens is 334 g/mol.